The van der Waals surface area contributed by atoms with Crippen LogP contribution in [0.4, 0.5) is 28.4 Å². The van der Waals surface area contributed by atoms with Gasteiger partial charge in [0.1, 0.15) is 0 Å². The standard InChI is InChI=1S/C102H68N4/c1-3-31-75(32-4-1)103(77-51-55-79(56-52-77)105-97-59-47-71(85-43-19-27-67-23-7-11-35-81(67)85)63-93(97)94-64-72(48-60-98(94)105)86-44-20-28-68-24-8-12-36-82(68)86)101-89-39-15-17-41-91(89)102(92-42-18-16-40-90(92)101)104(76-33-5-2-6-34-76)78-53-57-80(58-54-78)106-99-61-49-73(87-45-21-29-69-25-9-13-37-83(69)87)65-95(99)96-66-74(50-62-100(96)106)88-46-22-30-70-26-10-14-38-84(70)88/h1-53,55-66,78H,54H2. The first-order valence-electron chi connectivity index (χ1n) is 36.8. The van der Waals surface area contributed by atoms with Crippen LogP contribution in [-0.2, 0) is 0 Å². The number of anilines is 5. The van der Waals surface area contributed by atoms with Crippen molar-refractivity contribution < 1.29 is 0 Å². The highest BCUT2D eigenvalue weighted by Crippen LogP contribution is 2.52. The van der Waals surface area contributed by atoms with Crippen molar-refractivity contribution in [3.63, 3.8) is 0 Å². The number of fused-ring (bicyclic) bond motifs is 12. The van der Waals surface area contributed by atoms with E-state index in [0.717, 1.165) is 62.4 Å². The van der Waals surface area contributed by atoms with Crippen molar-refractivity contribution in [2.45, 2.75) is 12.5 Å². The first-order valence-corrected chi connectivity index (χ1v) is 36.8. The van der Waals surface area contributed by atoms with E-state index < -0.39 is 0 Å². The number of benzene rings is 18. The Labute approximate surface area is 614 Å². The van der Waals surface area contributed by atoms with Crippen molar-refractivity contribution in [2.24, 2.45) is 0 Å². The second kappa shape index (κ2) is 25.0. The Balaban J connectivity index is 0.691. The summed E-state index contributed by atoms with van der Waals surface area (Å²) in [6.45, 7) is 0. The predicted molar refractivity (Wildman–Crippen MR) is 452 cm³/mol. The number of aromatic nitrogens is 2. The molecule has 106 heavy (non-hydrogen) atoms. The van der Waals surface area contributed by atoms with Crippen LogP contribution in [0.5, 0.6) is 0 Å². The number of hydrogen-bond acceptors (Lipinski definition) is 2. The lowest BCUT2D eigenvalue weighted by Gasteiger charge is -2.36. The summed E-state index contributed by atoms with van der Waals surface area (Å²) in [5.41, 5.74) is 22.2. The fourth-order valence-corrected chi connectivity index (χ4v) is 17.5. The van der Waals surface area contributed by atoms with Crippen LogP contribution in [0.25, 0.3) is 164 Å². The molecule has 0 saturated carbocycles. The highest BCUT2D eigenvalue weighted by molar-refractivity contribution is 6.23. The quantitative estimate of drug-likeness (QED) is 0.0895. The zero-order valence-corrected chi connectivity index (χ0v) is 58.1. The molecule has 0 fully saturated rings. The molecule has 1 aliphatic rings. The third kappa shape index (κ3) is 9.98. The Kier molecular flexibility index (Phi) is 14.4. The maximum Gasteiger partial charge on any atom is 0.0619 e. The molecule has 18 aromatic carbocycles. The van der Waals surface area contributed by atoms with Gasteiger partial charge in [0, 0.05) is 71.5 Å². The van der Waals surface area contributed by atoms with Gasteiger partial charge in [-0.2, -0.15) is 0 Å². The Bertz CT molecular complexity index is 6640. The molecule has 0 N–H and O–H groups in total. The van der Waals surface area contributed by atoms with Crippen molar-refractivity contribution >= 4 is 142 Å². The fraction of sp³-hybridized carbons (Fsp3) is 0.0196. The number of allylic oxidation sites excluding steroid dienone is 2. The van der Waals surface area contributed by atoms with E-state index in [9.17, 15) is 0 Å². The van der Waals surface area contributed by atoms with Gasteiger partial charge in [0.05, 0.1) is 39.5 Å². The van der Waals surface area contributed by atoms with Crippen molar-refractivity contribution in [3.8, 4) is 50.2 Å². The first kappa shape index (κ1) is 60.9. The molecular weight excluding hydrogens is 1280 g/mol. The van der Waals surface area contributed by atoms with Gasteiger partial charge >= 0.3 is 0 Å². The van der Waals surface area contributed by atoms with E-state index in [1.54, 1.807) is 0 Å². The summed E-state index contributed by atoms with van der Waals surface area (Å²) in [5.74, 6) is 0. The number of rotatable bonds is 12. The van der Waals surface area contributed by atoms with E-state index in [0.29, 0.717) is 0 Å². The summed E-state index contributed by atoms with van der Waals surface area (Å²) in [6, 6.07) is 139. The maximum atomic E-state index is 2.61. The van der Waals surface area contributed by atoms with Crippen LogP contribution in [0.3, 0.4) is 0 Å². The molecule has 0 amide bonds. The van der Waals surface area contributed by atoms with Gasteiger partial charge in [0.2, 0.25) is 0 Å². The average Bonchev–Trinajstić information content (AvgIpc) is 0.975. The van der Waals surface area contributed by atoms with Crippen LogP contribution >= 0.6 is 0 Å². The van der Waals surface area contributed by atoms with Gasteiger partial charge in [0.15, 0.2) is 0 Å². The second-order valence-electron chi connectivity index (χ2n) is 28.2. The zero-order chi connectivity index (χ0) is 69.8. The van der Waals surface area contributed by atoms with Crippen LogP contribution in [0.2, 0.25) is 0 Å². The highest BCUT2D eigenvalue weighted by Gasteiger charge is 2.30. The van der Waals surface area contributed by atoms with Crippen molar-refractivity contribution in [1.82, 2.24) is 9.13 Å². The maximum absolute atomic E-state index is 2.61. The summed E-state index contributed by atoms with van der Waals surface area (Å²) in [4.78, 5) is 5.10. The van der Waals surface area contributed by atoms with Crippen LogP contribution in [0.1, 0.15) is 6.42 Å². The second-order valence-corrected chi connectivity index (χ2v) is 28.2. The molecule has 496 valence electrons. The highest BCUT2D eigenvalue weighted by atomic mass is 15.2. The summed E-state index contributed by atoms with van der Waals surface area (Å²) < 4.78 is 4.97. The number of nitrogens with zero attached hydrogens (tertiary/aromatic N) is 4. The smallest absolute Gasteiger partial charge is 0.0619 e. The normalized spacial score (nSPS) is 13.2. The molecule has 2 heterocycles. The lowest BCUT2D eigenvalue weighted by atomic mass is 9.94. The van der Waals surface area contributed by atoms with Gasteiger partial charge in [-0.05, 0) is 197 Å². The van der Waals surface area contributed by atoms with E-state index in [2.05, 4.69) is 413 Å². The van der Waals surface area contributed by atoms with Gasteiger partial charge in [0.25, 0.3) is 0 Å². The predicted octanol–water partition coefficient (Wildman–Crippen LogP) is 28.0. The third-order valence-electron chi connectivity index (χ3n) is 22.3. The van der Waals surface area contributed by atoms with Crippen LogP contribution < -0.4 is 9.80 Å². The molecule has 21 rings (SSSR count). The molecule has 1 aliphatic carbocycles. The van der Waals surface area contributed by atoms with Crippen LogP contribution in [0, 0.1) is 0 Å². The summed E-state index contributed by atoms with van der Waals surface area (Å²) >= 11 is 0. The lowest BCUT2D eigenvalue weighted by molar-refractivity contribution is 0.788. The van der Waals surface area contributed by atoms with E-state index >= 15 is 0 Å². The Hall–Kier alpha value is -13.8. The van der Waals surface area contributed by atoms with Crippen molar-refractivity contribution in [2.75, 3.05) is 9.80 Å². The summed E-state index contributed by atoms with van der Waals surface area (Å²) in [7, 11) is 0. The molecule has 0 radical (unpaired) electrons. The van der Waals surface area contributed by atoms with Gasteiger partial charge < -0.3 is 18.9 Å². The van der Waals surface area contributed by atoms with E-state index in [4.69, 9.17) is 0 Å². The molecule has 1 unspecified atom stereocenters. The number of para-hydroxylation sites is 2. The zero-order valence-electron chi connectivity index (χ0n) is 58.1. The van der Waals surface area contributed by atoms with Gasteiger partial charge in [-0.15, -0.1) is 0 Å². The Morgan fingerprint density at radius 1 is 0.245 bits per heavy atom. The van der Waals surface area contributed by atoms with Gasteiger partial charge in [-0.25, -0.2) is 0 Å². The molecule has 2 aromatic heterocycles. The Morgan fingerprint density at radius 3 is 0.943 bits per heavy atom. The topological polar surface area (TPSA) is 16.3 Å². The summed E-state index contributed by atoms with van der Waals surface area (Å²) in [5, 5.41) is 19.5. The minimum atomic E-state index is -0.0407. The Morgan fingerprint density at radius 2 is 0.566 bits per heavy atom. The molecule has 4 heteroatoms. The molecule has 0 bridgehead atoms. The van der Waals surface area contributed by atoms with Crippen molar-refractivity contribution in [3.05, 3.63) is 394 Å². The lowest BCUT2D eigenvalue weighted by Crippen LogP contribution is -2.31. The minimum Gasteiger partial charge on any atom is -0.333 e. The van der Waals surface area contributed by atoms with E-state index in [1.807, 2.05) is 0 Å². The average molecular weight is 1350 g/mol. The fourth-order valence-electron chi connectivity index (χ4n) is 17.5. The molecule has 0 saturated heterocycles. The van der Waals surface area contributed by atoms with E-state index in [-0.39, 0.29) is 6.04 Å². The largest absolute Gasteiger partial charge is 0.333 e. The monoisotopic (exact) mass is 1350 g/mol. The van der Waals surface area contributed by atoms with Gasteiger partial charge in [-0.3, -0.25) is 0 Å². The third-order valence-corrected chi connectivity index (χ3v) is 22.3. The number of hydrogen-bond donors (Lipinski definition) is 0. The van der Waals surface area contributed by atoms with Crippen LogP contribution in [0.15, 0.2) is 394 Å². The summed E-state index contributed by atoms with van der Waals surface area (Å²) in [6.07, 6.45) is 8.07. The van der Waals surface area contributed by atoms with Crippen molar-refractivity contribution in [1.29, 1.82) is 0 Å². The van der Waals surface area contributed by atoms with Crippen LogP contribution in [-0.4, -0.2) is 15.2 Å². The SMILES string of the molecule is C1=CC(N(c2ccccc2)c2c3ccccc3c(N(c3ccccc3)c3ccc(-n4c5ccc(-c6cccc7ccccc67)cc5c5cc(-c6cccc7ccccc67)ccc54)cc3)c3ccccc23)CC=C1n1c2ccc(-c3cccc4ccccc34)cc2c2cc(-c3cccc4ccccc34)ccc21. The van der Waals surface area contributed by atoms with E-state index in [1.165, 1.54) is 137 Å². The molecule has 0 spiro atoms. The van der Waals surface area contributed by atoms with Gasteiger partial charge in [-0.1, -0.05) is 291 Å². The molecule has 4 nitrogen and oxygen atoms in total. The first-order chi connectivity index (χ1) is 52.6. The molecule has 0 aliphatic heterocycles. The minimum absolute atomic E-state index is 0.0407. The molecular formula is C102H68N4. The molecule has 1 atom stereocenters. The molecule has 20 aromatic rings.